The number of nitrogens with zero attached hydrogens (tertiary/aromatic N) is 4. The van der Waals surface area contributed by atoms with Crippen molar-refractivity contribution < 1.29 is 0 Å². The first-order valence-electron chi connectivity index (χ1n) is 10.3. The average Bonchev–Trinajstić information content (AvgIpc) is 2.70. The summed E-state index contributed by atoms with van der Waals surface area (Å²) in [6.45, 7) is 16.4. The van der Waals surface area contributed by atoms with E-state index in [0.717, 1.165) is 51.6 Å². The van der Waals surface area contributed by atoms with E-state index in [2.05, 4.69) is 65.1 Å². The van der Waals surface area contributed by atoms with E-state index in [9.17, 15) is 0 Å². The molecule has 3 rings (SSSR count). The Balaban J connectivity index is 1.59. The number of guanidine groups is 1. The van der Waals surface area contributed by atoms with Crippen molar-refractivity contribution in [3.05, 3.63) is 35.4 Å². The lowest BCUT2D eigenvalue weighted by molar-refractivity contribution is 0.109. The molecule has 144 valence electrons. The van der Waals surface area contributed by atoms with Crippen molar-refractivity contribution in [3.8, 4) is 0 Å². The minimum Gasteiger partial charge on any atom is -0.357 e. The van der Waals surface area contributed by atoms with Gasteiger partial charge in [-0.05, 0) is 37.9 Å². The summed E-state index contributed by atoms with van der Waals surface area (Å²) < 4.78 is 0. The van der Waals surface area contributed by atoms with E-state index in [1.54, 1.807) is 0 Å². The molecule has 0 spiro atoms. The largest absolute Gasteiger partial charge is 0.357 e. The van der Waals surface area contributed by atoms with Gasteiger partial charge < -0.3 is 15.1 Å². The molecule has 0 aliphatic carbocycles. The minimum absolute atomic E-state index is 0.500. The zero-order valence-corrected chi connectivity index (χ0v) is 16.7. The highest BCUT2D eigenvalue weighted by Crippen LogP contribution is 2.18. The van der Waals surface area contributed by atoms with Gasteiger partial charge in [0.15, 0.2) is 5.96 Å². The summed E-state index contributed by atoms with van der Waals surface area (Å²) in [4.78, 5) is 12.5. The van der Waals surface area contributed by atoms with Crippen molar-refractivity contribution in [1.29, 1.82) is 0 Å². The number of aliphatic imine (C=N–C) groups is 1. The Labute approximate surface area is 159 Å². The van der Waals surface area contributed by atoms with Crippen molar-refractivity contribution in [3.63, 3.8) is 0 Å². The molecule has 0 aromatic heterocycles. The molecule has 2 heterocycles. The third-order valence-corrected chi connectivity index (χ3v) is 5.75. The maximum atomic E-state index is 5.00. The van der Waals surface area contributed by atoms with E-state index < -0.39 is 0 Å². The summed E-state index contributed by atoms with van der Waals surface area (Å²) in [5.41, 5.74) is 2.93. The zero-order valence-electron chi connectivity index (χ0n) is 16.7. The van der Waals surface area contributed by atoms with E-state index in [1.807, 2.05) is 0 Å². The lowest BCUT2D eigenvalue weighted by Gasteiger charge is -2.37. The van der Waals surface area contributed by atoms with Crippen LogP contribution in [0.25, 0.3) is 0 Å². The number of hydrogen-bond acceptors (Lipinski definition) is 3. The van der Waals surface area contributed by atoms with Gasteiger partial charge in [-0.1, -0.05) is 31.2 Å². The summed E-state index contributed by atoms with van der Waals surface area (Å²) >= 11 is 0. The second-order valence-corrected chi connectivity index (χ2v) is 7.45. The summed E-state index contributed by atoms with van der Waals surface area (Å²) in [5.74, 6) is 1.07. The normalized spacial score (nSPS) is 20.7. The Morgan fingerprint density at radius 3 is 2.50 bits per heavy atom. The lowest BCUT2D eigenvalue weighted by Crippen LogP contribution is -2.50. The van der Waals surface area contributed by atoms with Gasteiger partial charge in [0.05, 0.1) is 6.54 Å². The predicted octanol–water partition coefficient (Wildman–Crippen LogP) is 2.04. The third-order valence-electron chi connectivity index (χ3n) is 5.75. The molecular formula is C21H35N5. The van der Waals surface area contributed by atoms with Gasteiger partial charge >= 0.3 is 0 Å². The topological polar surface area (TPSA) is 34.1 Å². The number of likely N-dealkylation sites (N-methyl/N-ethyl adjacent to an activating group) is 1. The van der Waals surface area contributed by atoms with Gasteiger partial charge in [-0.25, -0.2) is 0 Å². The number of benzene rings is 1. The molecule has 1 fully saturated rings. The molecule has 0 saturated carbocycles. The molecule has 1 aromatic carbocycles. The van der Waals surface area contributed by atoms with Crippen LogP contribution >= 0.6 is 0 Å². The molecule has 5 nitrogen and oxygen atoms in total. The highest BCUT2D eigenvalue weighted by molar-refractivity contribution is 5.80. The zero-order chi connectivity index (χ0) is 18.4. The van der Waals surface area contributed by atoms with Crippen LogP contribution in [-0.4, -0.2) is 79.1 Å². The second kappa shape index (κ2) is 9.38. The Morgan fingerprint density at radius 2 is 1.81 bits per heavy atom. The van der Waals surface area contributed by atoms with Crippen molar-refractivity contribution in [2.24, 2.45) is 4.99 Å². The number of piperazine rings is 1. The van der Waals surface area contributed by atoms with Crippen LogP contribution in [0.3, 0.4) is 0 Å². The fraction of sp³-hybridized carbons (Fsp3) is 0.667. The minimum atomic E-state index is 0.500. The third kappa shape index (κ3) is 4.77. The molecule has 1 aromatic rings. The molecule has 0 radical (unpaired) electrons. The molecule has 26 heavy (non-hydrogen) atoms. The van der Waals surface area contributed by atoms with E-state index in [4.69, 9.17) is 4.99 Å². The van der Waals surface area contributed by atoms with Crippen LogP contribution in [0.1, 0.15) is 31.9 Å². The molecular weight excluding hydrogens is 322 g/mol. The first kappa shape index (κ1) is 19.2. The van der Waals surface area contributed by atoms with Crippen LogP contribution in [-0.2, 0) is 13.0 Å². The van der Waals surface area contributed by atoms with E-state index in [1.165, 1.54) is 30.8 Å². The highest BCUT2D eigenvalue weighted by Gasteiger charge is 2.22. The summed E-state index contributed by atoms with van der Waals surface area (Å²) in [5, 5.41) is 3.51. The quantitative estimate of drug-likeness (QED) is 0.646. The van der Waals surface area contributed by atoms with Gasteiger partial charge in [0.2, 0.25) is 0 Å². The molecule has 1 unspecified atom stereocenters. The fourth-order valence-corrected chi connectivity index (χ4v) is 3.96. The maximum Gasteiger partial charge on any atom is 0.194 e. The SMILES string of the molecule is CCNC(=NCC(C)N1CCN(CC)CC1)N1CCc2ccccc2C1. The number of hydrogen-bond donors (Lipinski definition) is 1. The van der Waals surface area contributed by atoms with Gasteiger partial charge in [-0.3, -0.25) is 9.89 Å². The second-order valence-electron chi connectivity index (χ2n) is 7.45. The molecule has 1 atom stereocenters. The summed E-state index contributed by atoms with van der Waals surface area (Å²) in [7, 11) is 0. The Morgan fingerprint density at radius 1 is 1.08 bits per heavy atom. The van der Waals surface area contributed by atoms with Gasteiger partial charge in [0.1, 0.15) is 0 Å². The summed E-state index contributed by atoms with van der Waals surface area (Å²) in [6.07, 6.45) is 1.11. The van der Waals surface area contributed by atoms with Crippen LogP contribution in [0, 0.1) is 0 Å². The van der Waals surface area contributed by atoms with Crippen molar-refractivity contribution in [2.75, 3.05) is 52.4 Å². The standard InChI is InChI=1S/C21H35N5/c1-4-22-21(26-11-10-19-8-6-7-9-20(19)17-26)23-16-18(3)25-14-12-24(5-2)13-15-25/h6-9,18H,4-5,10-17H2,1-3H3,(H,22,23). The van der Waals surface area contributed by atoms with Crippen LogP contribution in [0.5, 0.6) is 0 Å². The number of nitrogens with one attached hydrogen (secondary N) is 1. The van der Waals surface area contributed by atoms with Crippen LogP contribution in [0.4, 0.5) is 0 Å². The van der Waals surface area contributed by atoms with Crippen molar-refractivity contribution >= 4 is 5.96 Å². The molecule has 0 amide bonds. The average molecular weight is 358 g/mol. The Hall–Kier alpha value is -1.59. The van der Waals surface area contributed by atoms with Crippen LogP contribution in [0.15, 0.2) is 29.3 Å². The van der Waals surface area contributed by atoms with Crippen LogP contribution < -0.4 is 5.32 Å². The van der Waals surface area contributed by atoms with E-state index >= 15 is 0 Å². The highest BCUT2D eigenvalue weighted by atomic mass is 15.3. The Bertz CT molecular complexity index is 592. The molecule has 0 bridgehead atoms. The van der Waals surface area contributed by atoms with Crippen LogP contribution in [0.2, 0.25) is 0 Å². The van der Waals surface area contributed by atoms with E-state index in [0.29, 0.717) is 6.04 Å². The summed E-state index contributed by atoms with van der Waals surface area (Å²) in [6, 6.07) is 9.30. The molecule has 1 saturated heterocycles. The van der Waals surface area contributed by atoms with Crippen molar-refractivity contribution in [2.45, 2.75) is 39.8 Å². The smallest absolute Gasteiger partial charge is 0.194 e. The fourth-order valence-electron chi connectivity index (χ4n) is 3.96. The first-order valence-corrected chi connectivity index (χ1v) is 10.3. The van der Waals surface area contributed by atoms with E-state index in [-0.39, 0.29) is 0 Å². The van der Waals surface area contributed by atoms with Gasteiger partial charge in [0.25, 0.3) is 0 Å². The molecule has 2 aliphatic heterocycles. The Kier molecular flexibility index (Phi) is 6.92. The first-order chi connectivity index (χ1) is 12.7. The van der Waals surface area contributed by atoms with Crippen molar-refractivity contribution in [1.82, 2.24) is 20.0 Å². The lowest BCUT2D eigenvalue weighted by atomic mass is 10.0. The van der Waals surface area contributed by atoms with Gasteiger partial charge in [-0.15, -0.1) is 0 Å². The molecule has 1 N–H and O–H groups in total. The molecule has 2 aliphatic rings. The monoisotopic (exact) mass is 357 g/mol. The van der Waals surface area contributed by atoms with Gasteiger partial charge in [0, 0.05) is 51.9 Å². The number of fused-ring (bicyclic) bond motifs is 1. The number of rotatable bonds is 5. The molecule has 5 heteroatoms. The van der Waals surface area contributed by atoms with Gasteiger partial charge in [-0.2, -0.15) is 0 Å². The predicted molar refractivity (Wildman–Crippen MR) is 110 cm³/mol. The maximum absolute atomic E-state index is 5.00.